The standard InChI is InChI=1S/C12H11N3OS/c1-8-4-2-3-5-10(8)16-12-14-7-6-9(15-12)11(13)17/h2-7H,1H3,(H2,13,17). The molecule has 0 amide bonds. The van der Waals surface area contributed by atoms with Crippen LogP contribution < -0.4 is 10.5 Å². The predicted molar refractivity (Wildman–Crippen MR) is 69.2 cm³/mol. The topological polar surface area (TPSA) is 61.0 Å². The molecule has 1 aromatic heterocycles. The van der Waals surface area contributed by atoms with Crippen molar-refractivity contribution >= 4 is 17.2 Å². The number of nitrogens with two attached hydrogens (primary N) is 1. The van der Waals surface area contributed by atoms with Crippen molar-refractivity contribution < 1.29 is 4.74 Å². The summed E-state index contributed by atoms with van der Waals surface area (Å²) in [5.41, 5.74) is 7.00. The first-order valence-corrected chi connectivity index (χ1v) is 5.44. The summed E-state index contributed by atoms with van der Waals surface area (Å²) < 4.78 is 5.56. The molecule has 1 heterocycles. The van der Waals surface area contributed by atoms with Crippen LogP contribution in [0.5, 0.6) is 11.8 Å². The molecule has 4 nitrogen and oxygen atoms in total. The maximum atomic E-state index is 5.56. The zero-order valence-electron chi connectivity index (χ0n) is 9.25. The Morgan fingerprint density at radius 1 is 1.29 bits per heavy atom. The van der Waals surface area contributed by atoms with Gasteiger partial charge in [-0.05, 0) is 24.6 Å². The maximum absolute atomic E-state index is 5.56. The third-order valence-electron chi connectivity index (χ3n) is 2.18. The second-order valence-corrected chi connectivity index (χ2v) is 3.90. The molecule has 0 aliphatic rings. The number of nitrogens with zero attached hydrogens (tertiary/aromatic N) is 2. The van der Waals surface area contributed by atoms with E-state index in [-0.39, 0.29) is 11.0 Å². The SMILES string of the molecule is Cc1ccccc1Oc1nccc(C(N)=S)n1. The van der Waals surface area contributed by atoms with Gasteiger partial charge in [-0.3, -0.25) is 0 Å². The summed E-state index contributed by atoms with van der Waals surface area (Å²) >= 11 is 4.84. The largest absolute Gasteiger partial charge is 0.424 e. The second-order valence-electron chi connectivity index (χ2n) is 3.46. The van der Waals surface area contributed by atoms with E-state index in [2.05, 4.69) is 9.97 Å². The van der Waals surface area contributed by atoms with Crippen LogP contribution in [0.2, 0.25) is 0 Å². The van der Waals surface area contributed by atoms with Gasteiger partial charge in [-0.1, -0.05) is 30.4 Å². The molecule has 86 valence electrons. The van der Waals surface area contributed by atoms with Gasteiger partial charge in [0.25, 0.3) is 0 Å². The van der Waals surface area contributed by atoms with E-state index >= 15 is 0 Å². The average Bonchev–Trinajstić information content (AvgIpc) is 2.32. The van der Waals surface area contributed by atoms with E-state index in [9.17, 15) is 0 Å². The minimum atomic E-state index is 0.224. The quantitative estimate of drug-likeness (QED) is 0.840. The molecule has 0 fully saturated rings. The zero-order valence-corrected chi connectivity index (χ0v) is 10.1. The summed E-state index contributed by atoms with van der Waals surface area (Å²) in [6.07, 6.45) is 1.56. The van der Waals surface area contributed by atoms with E-state index in [4.69, 9.17) is 22.7 Å². The summed E-state index contributed by atoms with van der Waals surface area (Å²) in [5.74, 6) is 0.715. The van der Waals surface area contributed by atoms with Crippen molar-refractivity contribution in [1.29, 1.82) is 0 Å². The number of ether oxygens (including phenoxy) is 1. The fourth-order valence-corrected chi connectivity index (χ4v) is 1.41. The number of hydrogen-bond donors (Lipinski definition) is 1. The van der Waals surface area contributed by atoms with E-state index < -0.39 is 0 Å². The van der Waals surface area contributed by atoms with Crippen molar-refractivity contribution in [1.82, 2.24) is 9.97 Å². The lowest BCUT2D eigenvalue weighted by atomic mass is 10.2. The second kappa shape index (κ2) is 4.88. The number of para-hydroxylation sites is 1. The van der Waals surface area contributed by atoms with Crippen LogP contribution >= 0.6 is 12.2 Å². The molecule has 2 N–H and O–H groups in total. The van der Waals surface area contributed by atoms with E-state index in [0.717, 1.165) is 5.56 Å². The molecule has 0 spiro atoms. The Balaban J connectivity index is 2.28. The Morgan fingerprint density at radius 3 is 2.76 bits per heavy atom. The van der Waals surface area contributed by atoms with Crippen LogP contribution in [-0.2, 0) is 0 Å². The number of aromatic nitrogens is 2. The fourth-order valence-electron chi connectivity index (χ4n) is 1.30. The van der Waals surface area contributed by atoms with Crippen LogP contribution in [0.25, 0.3) is 0 Å². The molecule has 17 heavy (non-hydrogen) atoms. The van der Waals surface area contributed by atoms with Gasteiger partial charge in [0.2, 0.25) is 0 Å². The summed E-state index contributed by atoms with van der Waals surface area (Å²) in [4.78, 5) is 8.34. The first-order valence-electron chi connectivity index (χ1n) is 5.03. The number of aryl methyl sites for hydroxylation is 1. The Morgan fingerprint density at radius 2 is 2.06 bits per heavy atom. The van der Waals surface area contributed by atoms with Gasteiger partial charge in [0.05, 0.1) is 0 Å². The van der Waals surface area contributed by atoms with Crippen LogP contribution in [0, 0.1) is 6.92 Å². The van der Waals surface area contributed by atoms with E-state index in [1.165, 1.54) is 0 Å². The number of rotatable bonds is 3. The normalized spacial score (nSPS) is 9.94. The van der Waals surface area contributed by atoms with Gasteiger partial charge in [0.15, 0.2) is 0 Å². The molecular weight excluding hydrogens is 234 g/mol. The zero-order chi connectivity index (χ0) is 12.3. The number of hydrogen-bond acceptors (Lipinski definition) is 4. The van der Waals surface area contributed by atoms with E-state index in [1.807, 2.05) is 31.2 Å². The lowest BCUT2D eigenvalue weighted by Gasteiger charge is -2.06. The first kappa shape index (κ1) is 11.5. The molecule has 0 bridgehead atoms. The van der Waals surface area contributed by atoms with Crippen molar-refractivity contribution in [3.63, 3.8) is 0 Å². The molecule has 1 aromatic carbocycles. The fraction of sp³-hybridized carbons (Fsp3) is 0.0833. The highest BCUT2D eigenvalue weighted by Gasteiger charge is 2.05. The van der Waals surface area contributed by atoms with Crippen LogP contribution in [0.3, 0.4) is 0 Å². The molecule has 2 aromatic rings. The van der Waals surface area contributed by atoms with Crippen molar-refractivity contribution in [3.8, 4) is 11.8 Å². The summed E-state index contributed by atoms with van der Waals surface area (Å²) in [7, 11) is 0. The van der Waals surface area contributed by atoms with Gasteiger partial charge in [-0.15, -0.1) is 0 Å². The summed E-state index contributed by atoms with van der Waals surface area (Å²) in [6, 6.07) is 9.52. The van der Waals surface area contributed by atoms with Gasteiger partial charge >= 0.3 is 6.01 Å². The number of benzene rings is 1. The molecule has 0 saturated heterocycles. The van der Waals surface area contributed by atoms with Crippen molar-refractivity contribution in [3.05, 3.63) is 47.8 Å². The highest BCUT2D eigenvalue weighted by atomic mass is 32.1. The van der Waals surface area contributed by atoms with E-state index in [1.54, 1.807) is 12.3 Å². The van der Waals surface area contributed by atoms with Crippen molar-refractivity contribution in [2.24, 2.45) is 5.73 Å². The summed E-state index contributed by atoms with van der Waals surface area (Å²) in [6.45, 7) is 1.95. The minimum Gasteiger partial charge on any atom is -0.424 e. The minimum absolute atomic E-state index is 0.224. The van der Waals surface area contributed by atoms with Gasteiger partial charge in [-0.25, -0.2) is 4.98 Å². The van der Waals surface area contributed by atoms with Gasteiger partial charge < -0.3 is 10.5 Å². The van der Waals surface area contributed by atoms with Crippen LogP contribution in [0.15, 0.2) is 36.5 Å². The Hall–Kier alpha value is -2.01. The van der Waals surface area contributed by atoms with Gasteiger partial charge in [0.1, 0.15) is 16.4 Å². The van der Waals surface area contributed by atoms with Crippen molar-refractivity contribution in [2.45, 2.75) is 6.92 Å². The molecule has 2 rings (SSSR count). The number of thiocarbonyl (C=S) groups is 1. The van der Waals surface area contributed by atoms with Gasteiger partial charge in [-0.2, -0.15) is 4.98 Å². The molecule has 0 aliphatic carbocycles. The van der Waals surface area contributed by atoms with Crippen LogP contribution in [0.1, 0.15) is 11.3 Å². The molecule has 0 atom stereocenters. The lowest BCUT2D eigenvalue weighted by molar-refractivity contribution is 0.438. The average molecular weight is 245 g/mol. The molecule has 5 heteroatoms. The Bertz CT molecular complexity index is 557. The van der Waals surface area contributed by atoms with Gasteiger partial charge in [0, 0.05) is 6.20 Å². The monoisotopic (exact) mass is 245 g/mol. The van der Waals surface area contributed by atoms with E-state index in [0.29, 0.717) is 11.4 Å². The van der Waals surface area contributed by atoms with Crippen LogP contribution in [0.4, 0.5) is 0 Å². The first-order chi connectivity index (χ1) is 8.16. The van der Waals surface area contributed by atoms with Crippen LogP contribution in [-0.4, -0.2) is 15.0 Å². The molecule has 0 unspecified atom stereocenters. The molecule has 0 saturated carbocycles. The molecular formula is C12H11N3OS. The third kappa shape index (κ3) is 2.76. The molecule has 0 radical (unpaired) electrons. The third-order valence-corrected chi connectivity index (χ3v) is 2.39. The highest BCUT2D eigenvalue weighted by Crippen LogP contribution is 2.21. The summed E-state index contributed by atoms with van der Waals surface area (Å²) in [5, 5.41) is 0. The Labute approximate surface area is 104 Å². The maximum Gasteiger partial charge on any atom is 0.322 e. The Kier molecular flexibility index (Phi) is 3.30. The highest BCUT2D eigenvalue weighted by molar-refractivity contribution is 7.80. The predicted octanol–water partition coefficient (Wildman–Crippen LogP) is 2.21. The molecule has 0 aliphatic heterocycles. The van der Waals surface area contributed by atoms with Crippen molar-refractivity contribution in [2.75, 3.05) is 0 Å². The lowest BCUT2D eigenvalue weighted by Crippen LogP contribution is -2.12. The smallest absolute Gasteiger partial charge is 0.322 e.